The molecule has 0 unspecified atom stereocenters. The van der Waals surface area contributed by atoms with Crippen LogP contribution in [0.5, 0.6) is 0 Å². The fraction of sp³-hybridized carbons (Fsp3) is 0.625. The van der Waals surface area contributed by atoms with Gasteiger partial charge in [0.15, 0.2) is 0 Å². The van der Waals surface area contributed by atoms with Gasteiger partial charge in [0.2, 0.25) is 10.0 Å². The molecule has 0 saturated carbocycles. The number of nitrogens with one attached hydrogen (secondary N) is 1. The van der Waals surface area contributed by atoms with Crippen molar-refractivity contribution in [2.45, 2.75) is 26.3 Å². The van der Waals surface area contributed by atoms with E-state index >= 15 is 0 Å². The number of hydrogen-bond donors (Lipinski definition) is 1. The average Bonchev–Trinajstić information content (AvgIpc) is 2.69. The van der Waals surface area contributed by atoms with Gasteiger partial charge in [-0.2, -0.15) is 0 Å². The molecule has 1 fully saturated rings. The number of pyridine rings is 1. The lowest BCUT2D eigenvalue weighted by Gasteiger charge is -2.31. The van der Waals surface area contributed by atoms with Crippen molar-refractivity contribution in [2.75, 3.05) is 32.6 Å². The van der Waals surface area contributed by atoms with Gasteiger partial charge in [0.05, 0.1) is 25.0 Å². The second kappa shape index (κ2) is 8.04. The summed E-state index contributed by atoms with van der Waals surface area (Å²) < 4.78 is 30.5. The molecule has 8 heteroatoms. The predicted molar refractivity (Wildman–Crippen MR) is 91.2 cm³/mol. The van der Waals surface area contributed by atoms with E-state index in [2.05, 4.69) is 9.71 Å². The number of aryl methyl sites for hydroxylation is 1. The Kier molecular flexibility index (Phi) is 6.31. The molecule has 134 valence electrons. The number of amides is 1. The fourth-order valence-electron chi connectivity index (χ4n) is 2.80. The Labute approximate surface area is 143 Å². The van der Waals surface area contributed by atoms with E-state index in [0.29, 0.717) is 38.3 Å². The van der Waals surface area contributed by atoms with Gasteiger partial charge in [0.1, 0.15) is 0 Å². The molecule has 0 bridgehead atoms. The number of hydrogen-bond acceptors (Lipinski definition) is 5. The summed E-state index contributed by atoms with van der Waals surface area (Å²) in [5.74, 6) is 0.00526. The number of ether oxygens (including phenoxy) is 1. The number of sulfonamides is 1. The molecule has 0 spiro atoms. The first-order valence-electron chi connectivity index (χ1n) is 8.04. The maximum absolute atomic E-state index is 12.8. The molecule has 1 aromatic rings. The van der Waals surface area contributed by atoms with Gasteiger partial charge in [0.25, 0.3) is 5.91 Å². The minimum Gasteiger partial charge on any atom is -0.379 e. The Morgan fingerprint density at radius 3 is 2.83 bits per heavy atom. The molecule has 1 aliphatic heterocycles. The van der Waals surface area contributed by atoms with E-state index in [1.807, 2.05) is 19.9 Å². The molecular weight excluding hydrogens is 330 g/mol. The standard InChI is InChI=1S/C16H25N3O4S/c1-12-4-5-14(10-17-12)16(20)19-8-9-23-11-15(13(19)2)6-7-18-24(3,21)22/h4-5,10,13,15,18H,6-9,11H2,1-3H3/t13-,15+/m0/s1. The zero-order valence-corrected chi connectivity index (χ0v) is 15.2. The van der Waals surface area contributed by atoms with Crippen molar-refractivity contribution in [3.05, 3.63) is 29.6 Å². The van der Waals surface area contributed by atoms with Gasteiger partial charge in [-0.1, -0.05) is 0 Å². The third-order valence-corrected chi connectivity index (χ3v) is 5.01. The zero-order valence-electron chi connectivity index (χ0n) is 14.4. The minimum absolute atomic E-state index is 0.0392. The summed E-state index contributed by atoms with van der Waals surface area (Å²) in [6.45, 7) is 5.71. The molecule has 1 N–H and O–H groups in total. The van der Waals surface area contributed by atoms with Gasteiger partial charge in [-0.3, -0.25) is 9.78 Å². The lowest BCUT2D eigenvalue weighted by molar-refractivity contribution is 0.0658. The van der Waals surface area contributed by atoms with Crippen molar-refractivity contribution < 1.29 is 17.9 Å². The molecule has 1 amide bonds. The number of nitrogens with zero attached hydrogens (tertiary/aromatic N) is 2. The summed E-state index contributed by atoms with van der Waals surface area (Å²) in [4.78, 5) is 18.8. The second-order valence-corrected chi connectivity index (χ2v) is 8.05. The van der Waals surface area contributed by atoms with Gasteiger partial charge in [0, 0.05) is 36.9 Å². The lowest BCUT2D eigenvalue weighted by Crippen LogP contribution is -2.44. The van der Waals surface area contributed by atoms with Crippen LogP contribution in [0.25, 0.3) is 0 Å². The third kappa shape index (κ3) is 5.25. The number of carbonyl (C=O) groups is 1. The molecule has 0 radical (unpaired) electrons. The molecule has 24 heavy (non-hydrogen) atoms. The Morgan fingerprint density at radius 1 is 1.46 bits per heavy atom. The topological polar surface area (TPSA) is 88.6 Å². The van der Waals surface area contributed by atoms with E-state index in [9.17, 15) is 13.2 Å². The van der Waals surface area contributed by atoms with E-state index in [-0.39, 0.29) is 17.9 Å². The highest BCUT2D eigenvalue weighted by Crippen LogP contribution is 2.21. The first kappa shape index (κ1) is 18.8. The van der Waals surface area contributed by atoms with Gasteiger partial charge < -0.3 is 9.64 Å². The smallest absolute Gasteiger partial charge is 0.255 e. The highest BCUT2D eigenvalue weighted by Gasteiger charge is 2.30. The fourth-order valence-corrected chi connectivity index (χ4v) is 3.28. The molecule has 0 aliphatic carbocycles. The maximum atomic E-state index is 12.8. The molecule has 7 nitrogen and oxygen atoms in total. The Balaban J connectivity index is 2.05. The van der Waals surface area contributed by atoms with E-state index in [1.54, 1.807) is 17.2 Å². The van der Waals surface area contributed by atoms with Crippen LogP contribution in [0.4, 0.5) is 0 Å². The van der Waals surface area contributed by atoms with Crippen LogP contribution < -0.4 is 4.72 Å². The molecule has 0 aromatic carbocycles. The first-order chi connectivity index (χ1) is 11.3. The van der Waals surface area contributed by atoms with Crippen LogP contribution in [0.1, 0.15) is 29.4 Å². The van der Waals surface area contributed by atoms with E-state index in [0.717, 1.165) is 11.9 Å². The summed E-state index contributed by atoms with van der Waals surface area (Å²) in [7, 11) is -3.21. The lowest BCUT2D eigenvalue weighted by atomic mass is 9.96. The minimum atomic E-state index is -3.21. The van der Waals surface area contributed by atoms with Crippen molar-refractivity contribution in [1.29, 1.82) is 0 Å². The molecule has 2 rings (SSSR count). The zero-order chi connectivity index (χ0) is 17.7. The van der Waals surface area contributed by atoms with Gasteiger partial charge in [-0.15, -0.1) is 0 Å². The molecule has 2 atom stereocenters. The van der Waals surface area contributed by atoms with E-state index < -0.39 is 10.0 Å². The van der Waals surface area contributed by atoms with Crippen LogP contribution in [-0.2, 0) is 14.8 Å². The summed E-state index contributed by atoms with van der Waals surface area (Å²) in [6, 6.07) is 3.56. The van der Waals surface area contributed by atoms with Crippen LogP contribution >= 0.6 is 0 Å². The SMILES string of the molecule is Cc1ccc(C(=O)N2CCOC[C@@H](CCNS(C)(=O)=O)[C@@H]2C)cn1. The molecule has 1 aromatic heterocycles. The van der Waals surface area contributed by atoms with Crippen LogP contribution in [0.3, 0.4) is 0 Å². The van der Waals surface area contributed by atoms with Crippen molar-refractivity contribution in [2.24, 2.45) is 5.92 Å². The molecule has 2 heterocycles. The van der Waals surface area contributed by atoms with Gasteiger partial charge in [-0.05, 0) is 32.4 Å². The van der Waals surface area contributed by atoms with Crippen molar-refractivity contribution in [3.8, 4) is 0 Å². The normalized spacial score (nSPS) is 22.2. The summed E-state index contributed by atoms with van der Waals surface area (Å²) in [5, 5.41) is 0. The maximum Gasteiger partial charge on any atom is 0.255 e. The number of carbonyl (C=O) groups excluding carboxylic acids is 1. The monoisotopic (exact) mass is 355 g/mol. The highest BCUT2D eigenvalue weighted by molar-refractivity contribution is 7.88. The van der Waals surface area contributed by atoms with E-state index in [4.69, 9.17) is 4.74 Å². The van der Waals surface area contributed by atoms with Crippen molar-refractivity contribution >= 4 is 15.9 Å². The third-order valence-electron chi connectivity index (χ3n) is 4.28. The second-order valence-electron chi connectivity index (χ2n) is 6.22. The summed E-state index contributed by atoms with van der Waals surface area (Å²) in [6.07, 6.45) is 3.35. The first-order valence-corrected chi connectivity index (χ1v) is 9.93. The Morgan fingerprint density at radius 2 is 2.21 bits per heavy atom. The van der Waals surface area contributed by atoms with Crippen LogP contribution in [0, 0.1) is 12.8 Å². The largest absolute Gasteiger partial charge is 0.379 e. The number of rotatable bonds is 5. The predicted octanol–water partition coefficient (Wildman–Crippen LogP) is 0.806. The van der Waals surface area contributed by atoms with Crippen LogP contribution in [0.2, 0.25) is 0 Å². The van der Waals surface area contributed by atoms with Gasteiger partial charge >= 0.3 is 0 Å². The van der Waals surface area contributed by atoms with Crippen molar-refractivity contribution in [1.82, 2.24) is 14.6 Å². The van der Waals surface area contributed by atoms with E-state index in [1.165, 1.54) is 0 Å². The molecule has 1 aliphatic rings. The summed E-state index contributed by atoms with van der Waals surface area (Å²) in [5.41, 5.74) is 1.42. The van der Waals surface area contributed by atoms with Crippen LogP contribution in [-0.4, -0.2) is 62.8 Å². The molecule has 1 saturated heterocycles. The molecular formula is C16H25N3O4S. The summed E-state index contributed by atoms with van der Waals surface area (Å²) >= 11 is 0. The van der Waals surface area contributed by atoms with Crippen molar-refractivity contribution in [3.63, 3.8) is 0 Å². The number of aromatic nitrogens is 1. The average molecular weight is 355 g/mol. The highest BCUT2D eigenvalue weighted by atomic mass is 32.2. The van der Waals surface area contributed by atoms with Gasteiger partial charge in [-0.25, -0.2) is 13.1 Å². The Hall–Kier alpha value is -1.51. The van der Waals surface area contributed by atoms with Crippen LogP contribution in [0.15, 0.2) is 18.3 Å². The Bertz CT molecular complexity index is 660. The quantitative estimate of drug-likeness (QED) is 0.844.